The first kappa shape index (κ1) is 23.3. The lowest BCUT2D eigenvalue weighted by Crippen LogP contribution is -2.33. The van der Waals surface area contributed by atoms with Gasteiger partial charge in [-0.3, -0.25) is 4.79 Å². The number of hydrogen-bond donors (Lipinski definition) is 3. The summed E-state index contributed by atoms with van der Waals surface area (Å²) in [6.45, 7) is 0.0846. The molecule has 1 aliphatic carbocycles. The molecule has 12 heteroatoms. The van der Waals surface area contributed by atoms with E-state index in [1.54, 1.807) is 12.3 Å². The normalized spacial score (nSPS) is 13.7. The zero-order valence-corrected chi connectivity index (χ0v) is 19.6. The molecule has 186 valence electrons. The first-order valence-corrected chi connectivity index (χ1v) is 11.4. The fraction of sp³-hybridized carbons (Fsp3) is 0.250. The van der Waals surface area contributed by atoms with E-state index in [4.69, 9.17) is 16.3 Å². The van der Waals surface area contributed by atoms with Crippen LogP contribution in [0.25, 0.3) is 11.3 Å². The van der Waals surface area contributed by atoms with Crippen molar-refractivity contribution in [2.75, 3.05) is 7.11 Å². The Labute approximate surface area is 206 Å². The van der Waals surface area contributed by atoms with E-state index < -0.39 is 11.7 Å². The molecule has 11 nitrogen and oxygen atoms in total. The molecule has 0 radical (unpaired) electrons. The van der Waals surface area contributed by atoms with Crippen LogP contribution in [0.5, 0.6) is 5.75 Å². The number of imidazole rings is 1. The molecule has 1 saturated carbocycles. The Kier molecular flexibility index (Phi) is 6.25. The maximum absolute atomic E-state index is 15.0. The minimum absolute atomic E-state index is 0.0384. The third-order valence-corrected chi connectivity index (χ3v) is 5.98. The first-order valence-electron chi connectivity index (χ1n) is 11.4. The Balaban J connectivity index is 1.25. The molecule has 36 heavy (non-hydrogen) atoms. The fourth-order valence-electron chi connectivity index (χ4n) is 4.00. The molecule has 0 atom stereocenters. The molecule has 1 aromatic carbocycles. The molecule has 1 amide bonds. The topological polar surface area (TPSA) is 142 Å². The molecule has 3 aromatic heterocycles. The van der Waals surface area contributed by atoms with Gasteiger partial charge in [0.2, 0.25) is 0 Å². The van der Waals surface area contributed by atoms with E-state index in [2.05, 4.69) is 32.9 Å². The van der Waals surface area contributed by atoms with Gasteiger partial charge in [-0.25, -0.2) is 19.9 Å². The number of benzene rings is 1. The highest BCUT2D eigenvalue weighted by Gasteiger charge is 2.24. The minimum Gasteiger partial charge on any atom is -0.494 e. The van der Waals surface area contributed by atoms with Crippen molar-refractivity contribution in [3.63, 3.8) is 0 Å². The van der Waals surface area contributed by atoms with Crippen molar-refractivity contribution in [1.82, 2.24) is 34.7 Å². The number of nitrogens with one attached hydrogen (secondary N) is 1. The van der Waals surface area contributed by atoms with Crippen LogP contribution >= 0.6 is 0 Å². The standard InChI is InChI=1S/C24H26FN9O2/c1-36-21-6-5-20(34-9-8-29-31-34)18(23(21)25)10-28-24(35)19(26)14-33(27)13-17-12-32-11-16(15-2-3-15)4-7-22(32)30-17/h4-9,11-12,14-15H,2-3,10,13,26-27H2,1H3,(H,28,35)/b19-14-. The van der Waals surface area contributed by atoms with Gasteiger partial charge in [0, 0.05) is 30.7 Å². The van der Waals surface area contributed by atoms with Crippen molar-refractivity contribution in [1.29, 1.82) is 0 Å². The molecule has 0 saturated heterocycles. The average Bonchev–Trinajstić information content (AvgIpc) is 3.41. The van der Waals surface area contributed by atoms with Gasteiger partial charge in [0.25, 0.3) is 5.91 Å². The molecule has 4 aromatic rings. The Morgan fingerprint density at radius 1 is 1.31 bits per heavy atom. The van der Waals surface area contributed by atoms with Gasteiger partial charge in [0.05, 0.1) is 37.4 Å². The highest BCUT2D eigenvalue weighted by molar-refractivity contribution is 5.92. The summed E-state index contributed by atoms with van der Waals surface area (Å²) in [4.78, 5) is 17.2. The molecule has 5 N–H and O–H groups in total. The fourth-order valence-corrected chi connectivity index (χ4v) is 4.00. The van der Waals surface area contributed by atoms with Gasteiger partial charge in [-0.1, -0.05) is 11.3 Å². The van der Waals surface area contributed by atoms with Gasteiger partial charge in [-0.2, -0.15) is 0 Å². The van der Waals surface area contributed by atoms with E-state index in [1.807, 2.05) is 16.7 Å². The minimum atomic E-state index is -0.620. The number of halogens is 1. The number of carbonyl (C=O) groups excluding carboxylic acids is 1. The van der Waals surface area contributed by atoms with Crippen molar-refractivity contribution in [3.05, 3.63) is 83.6 Å². The molecule has 0 spiro atoms. The molecule has 1 fully saturated rings. The van der Waals surface area contributed by atoms with Crippen LogP contribution in [0.3, 0.4) is 0 Å². The number of hydrogen-bond acceptors (Lipinski definition) is 8. The zero-order valence-electron chi connectivity index (χ0n) is 19.6. The quantitative estimate of drug-likeness (QED) is 0.183. The second-order valence-corrected chi connectivity index (χ2v) is 8.60. The molecule has 0 unspecified atom stereocenters. The first-order chi connectivity index (χ1) is 17.4. The number of ether oxygens (including phenoxy) is 1. The maximum atomic E-state index is 15.0. The van der Waals surface area contributed by atoms with Crippen LogP contribution in [0.1, 0.15) is 35.6 Å². The summed E-state index contributed by atoms with van der Waals surface area (Å²) in [5.74, 6) is 5.52. The number of nitrogens with zero attached hydrogens (tertiary/aromatic N) is 6. The molecule has 0 bridgehead atoms. The second kappa shape index (κ2) is 9.66. The third-order valence-electron chi connectivity index (χ3n) is 5.98. The number of rotatable bonds is 9. The highest BCUT2D eigenvalue weighted by atomic mass is 19.1. The van der Waals surface area contributed by atoms with Crippen molar-refractivity contribution in [3.8, 4) is 11.4 Å². The number of methoxy groups -OCH3 is 1. The zero-order chi connectivity index (χ0) is 25.2. The average molecular weight is 492 g/mol. The van der Waals surface area contributed by atoms with E-state index in [0.29, 0.717) is 11.6 Å². The maximum Gasteiger partial charge on any atom is 0.268 e. The van der Waals surface area contributed by atoms with Crippen LogP contribution in [-0.2, 0) is 17.9 Å². The van der Waals surface area contributed by atoms with Crippen LogP contribution < -0.4 is 21.6 Å². The van der Waals surface area contributed by atoms with Crippen molar-refractivity contribution >= 4 is 11.6 Å². The van der Waals surface area contributed by atoms with E-state index in [0.717, 1.165) is 11.3 Å². The molecule has 0 aliphatic heterocycles. The Morgan fingerprint density at radius 3 is 2.86 bits per heavy atom. The smallest absolute Gasteiger partial charge is 0.268 e. The summed E-state index contributed by atoms with van der Waals surface area (Å²) in [6, 6.07) is 7.19. The number of amides is 1. The van der Waals surface area contributed by atoms with E-state index in [1.165, 1.54) is 53.7 Å². The SMILES string of the molecule is COc1ccc(-n2ccnn2)c(CNC(=O)/C(N)=C/N(N)Cc2cn3cc(C4CC4)ccc3n2)c1F. The molecule has 3 heterocycles. The van der Waals surface area contributed by atoms with Crippen LogP contribution in [0.2, 0.25) is 0 Å². The van der Waals surface area contributed by atoms with Crippen molar-refractivity contribution in [2.45, 2.75) is 31.8 Å². The van der Waals surface area contributed by atoms with E-state index in [-0.39, 0.29) is 30.1 Å². The number of fused-ring (bicyclic) bond motifs is 1. The van der Waals surface area contributed by atoms with Crippen LogP contribution in [0.4, 0.5) is 4.39 Å². The van der Waals surface area contributed by atoms with Gasteiger partial charge in [0.1, 0.15) is 11.3 Å². The summed E-state index contributed by atoms with van der Waals surface area (Å²) >= 11 is 0. The molecule has 1 aliphatic rings. The highest BCUT2D eigenvalue weighted by Crippen LogP contribution is 2.39. The largest absolute Gasteiger partial charge is 0.494 e. The van der Waals surface area contributed by atoms with Crippen LogP contribution in [0.15, 0.2) is 60.9 Å². The lowest BCUT2D eigenvalue weighted by atomic mass is 10.1. The van der Waals surface area contributed by atoms with Gasteiger partial charge in [0.15, 0.2) is 11.6 Å². The second-order valence-electron chi connectivity index (χ2n) is 8.60. The summed E-state index contributed by atoms with van der Waals surface area (Å²) in [7, 11) is 1.36. The predicted molar refractivity (Wildman–Crippen MR) is 129 cm³/mol. The van der Waals surface area contributed by atoms with Gasteiger partial charge >= 0.3 is 0 Å². The number of pyridine rings is 1. The monoisotopic (exact) mass is 491 g/mol. The summed E-state index contributed by atoms with van der Waals surface area (Å²) < 4.78 is 23.4. The number of hydrazine groups is 1. The molecular formula is C24H26FN9O2. The van der Waals surface area contributed by atoms with Crippen LogP contribution in [-0.4, -0.2) is 42.4 Å². The Hall–Kier alpha value is -4.45. The van der Waals surface area contributed by atoms with Crippen molar-refractivity contribution in [2.24, 2.45) is 11.6 Å². The number of aromatic nitrogens is 5. The lowest BCUT2D eigenvalue weighted by Gasteiger charge is -2.15. The van der Waals surface area contributed by atoms with Crippen molar-refractivity contribution < 1.29 is 13.9 Å². The third kappa shape index (κ3) is 4.84. The van der Waals surface area contributed by atoms with Crippen LogP contribution in [0, 0.1) is 5.82 Å². The van der Waals surface area contributed by atoms with E-state index in [9.17, 15) is 9.18 Å². The van der Waals surface area contributed by atoms with Gasteiger partial charge < -0.3 is 25.2 Å². The Bertz CT molecular complexity index is 1430. The Morgan fingerprint density at radius 2 is 2.14 bits per heavy atom. The predicted octanol–water partition coefficient (Wildman–Crippen LogP) is 1.73. The summed E-state index contributed by atoms with van der Waals surface area (Å²) in [5, 5.41) is 11.5. The summed E-state index contributed by atoms with van der Waals surface area (Å²) in [5.41, 5.74) is 9.24. The number of nitrogens with two attached hydrogens (primary N) is 2. The summed E-state index contributed by atoms with van der Waals surface area (Å²) in [6.07, 6.45) is 10.8. The number of carbonyl (C=O) groups is 1. The molecule has 5 rings (SSSR count). The van der Waals surface area contributed by atoms with Gasteiger partial charge in [-0.05, 0) is 42.5 Å². The lowest BCUT2D eigenvalue weighted by molar-refractivity contribution is -0.117. The van der Waals surface area contributed by atoms with E-state index >= 15 is 0 Å². The van der Waals surface area contributed by atoms with Gasteiger partial charge in [-0.15, -0.1) is 5.10 Å². The molecular weight excluding hydrogens is 465 g/mol.